The second-order valence-electron chi connectivity index (χ2n) is 4.77. The number of aromatic nitrogens is 1. The Morgan fingerprint density at radius 2 is 2.06 bits per heavy atom. The summed E-state index contributed by atoms with van der Waals surface area (Å²) in [5, 5.41) is 7.60. The number of hydrogen-bond donors (Lipinski definition) is 2. The van der Waals surface area contributed by atoms with Gasteiger partial charge >= 0.3 is 0 Å². The minimum Gasteiger partial charge on any atom is -0.344 e. The lowest BCUT2D eigenvalue weighted by Crippen LogP contribution is -2.46. The molecule has 1 atom stereocenters. The van der Waals surface area contributed by atoms with E-state index in [-0.39, 0.29) is 11.8 Å². The van der Waals surface area contributed by atoms with Crippen LogP contribution < -0.4 is 10.6 Å². The summed E-state index contributed by atoms with van der Waals surface area (Å²) in [5.41, 5.74) is -0.504. The predicted octanol–water partition coefficient (Wildman–Crippen LogP) is 1.63. The molecule has 0 fully saturated rings. The molecule has 2 amide bonds. The lowest BCUT2D eigenvalue weighted by atomic mass is 9.95. The van der Waals surface area contributed by atoms with Gasteiger partial charge in [0.1, 0.15) is 6.04 Å². The third-order valence-corrected chi connectivity index (χ3v) is 2.77. The average Bonchev–Trinajstić information content (AvgIpc) is 2.68. The molecule has 2 N–H and O–H groups in total. The van der Waals surface area contributed by atoms with Crippen LogP contribution in [-0.4, -0.2) is 22.8 Å². The Labute approximate surface area is 105 Å². The van der Waals surface area contributed by atoms with Gasteiger partial charge in [0.05, 0.1) is 0 Å². The molecule has 0 spiro atoms. The summed E-state index contributed by atoms with van der Waals surface area (Å²) in [6, 6.07) is -0.578. The Kier molecular flexibility index (Phi) is 4.22. The summed E-state index contributed by atoms with van der Waals surface area (Å²) in [4.78, 5) is 27.3. The molecule has 0 aliphatic carbocycles. The second-order valence-corrected chi connectivity index (χ2v) is 5.67. The lowest BCUT2D eigenvalue weighted by molar-refractivity contribution is -0.131. The van der Waals surface area contributed by atoms with Gasteiger partial charge in [-0.2, -0.15) is 0 Å². The Bertz CT molecular complexity index is 395. The number of thiazole rings is 1. The Hall–Kier alpha value is -1.43. The summed E-state index contributed by atoms with van der Waals surface area (Å²) in [6.07, 6.45) is 1.61. The quantitative estimate of drug-likeness (QED) is 0.862. The van der Waals surface area contributed by atoms with E-state index in [9.17, 15) is 9.59 Å². The molecule has 0 saturated carbocycles. The van der Waals surface area contributed by atoms with E-state index in [0.717, 1.165) is 0 Å². The van der Waals surface area contributed by atoms with Crippen LogP contribution in [-0.2, 0) is 9.59 Å². The molecule has 6 heteroatoms. The lowest BCUT2D eigenvalue weighted by Gasteiger charge is -2.21. The fraction of sp³-hybridized carbons (Fsp3) is 0.545. The zero-order chi connectivity index (χ0) is 13.1. The van der Waals surface area contributed by atoms with Gasteiger partial charge in [-0.3, -0.25) is 9.59 Å². The van der Waals surface area contributed by atoms with Crippen molar-refractivity contribution in [1.82, 2.24) is 10.3 Å². The summed E-state index contributed by atoms with van der Waals surface area (Å²) in [5.74, 6) is -0.420. The molecular formula is C11H17N3O2S. The highest BCUT2D eigenvalue weighted by Crippen LogP contribution is 2.14. The van der Waals surface area contributed by atoms with Crippen molar-refractivity contribution in [3.05, 3.63) is 11.6 Å². The molecule has 0 radical (unpaired) electrons. The number of rotatable bonds is 3. The molecule has 94 valence electrons. The zero-order valence-corrected chi connectivity index (χ0v) is 11.2. The van der Waals surface area contributed by atoms with Crippen LogP contribution in [0.2, 0.25) is 0 Å². The van der Waals surface area contributed by atoms with Crippen LogP contribution in [0.3, 0.4) is 0 Å². The van der Waals surface area contributed by atoms with E-state index in [4.69, 9.17) is 0 Å². The van der Waals surface area contributed by atoms with Crippen LogP contribution in [0.1, 0.15) is 27.7 Å². The van der Waals surface area contributed by atoms with E-state index in [1.807, 2.05) is 0 Å². The predicted molar refractivity (Wildman–Crippen MR) is 67.8 cm³/mol. The van der Waals surface area contributed by atoms with Crippen molar-refractivity contribution < 1.29 is 9.59 Å². The van der Waals surface area contributed by atoms with Crippen molar-refractivity contribution in [2.45, 2.75) is 33.7 Å². The summed E-state index contributed by atoms with van der Waals surface area (Å²) in [6.45, 7) is 7.04. The summed E-state index contributed by atoms with van der Waals surface area (Å²) >= 11 is 1.34. The van der Waals surface area contributed by atoms with Crippen LogP contribution in [0.4, 0.5) is 5.13 Å². The first-order chi connectivity index (χ1) is 7.80. The number of anilines is 1. The minimum absolute atomic E-state index is 0.153. The average molecular weight is 255 g/mol. The Balaban J connectivity index is 2.51. The standard InChI is InChI=1S/C11H17N3O2S/c1-7(13-9(16)11(2,3)4)8(15)14-10-12-5-6-17-10/h5-7H,1-4H3,(H,13,16)(H,12,14,15). The van der Waals surface area contributed by atoms with Crippen molar-refractivity contribution in [2.24, 2.45) is 5.41 Å². The first kappa shape index (κ1) is 13.6. The Morgan fingerprint density at radius 1 is 1.41 bits per heavy atom. The first-order valence-corrected chi connectivity index (χ1v) is 6.20. The fourth-order valence-electron chi connectivity index (χ4n) is 0.978. The van der Waals surface area contributed by atoms with Crippen LogP contribution >= 0.6 is 11.3 Å². The van der Waals surface area contributed by atoms with Crippen molar-refractivity contribution in [1.29, 1.82) is 0 Å². The highest BCUT2D eigenvalue weighted by atomic mass is 32.1. The van der Waals surface area contributed by atoms with E-state index in [1.54, 1.807) is 39.3 Å². The van der Waals surface area contributed by atoms with E-state index in [1.165, 1.54) is 11.3 Å². The van der Waals surface area contributed by atoms with Crippen molar-refractivity contribution in [2.75, 3.05) is 5.32 Å². The molecule has 0 aromatic carbocycles. The van der Waals surface area contributed by atoms with Gasteiger partial charge in [0.2, 0.25) is 11.8 Å². The second kappa shape index (κ2) is 5.27. The normalized spacial score (nSPS) is 12.9. The summed E-state index contributed by atoms with van der Waals surface area (Å²) < 4.78 is 0. The maximum atomic E-state index is 11.7. The van der Waals surface area contributed by atoms with E-state index in [2.05, 4.69) is 15.6 Å². The number of nitrogens with zero attached hydrogens (tertiary/aromatic N) is 1. The highest BCUT2D eigenvalue weighted by Gasteiger charge is 2.25. The van der Waals surface area contributed by atoms with Crippen LogP contribution in [0.25, 0.3) is 0 Å². The van der Waals surface area contributed by atoms with E-state index in [0.29, 0.717) is 5.13 Å². The summed E-state index contributed by atoms with van der Waals surface area (Å²) in [7, 11) is 0. The molecule has 0 aliphatic heterocycles. The van der Waals surface area contributed by atoms with Gasteiger partial charge in [0.15, 0.2) is 5.13 Å². The van der Waals surface area contributed by atoms with Gasteiger partial charge in [-0.05, 0) is 6.92 Å². The molecule has 0 aliphatic rings. The Morgan fingerprint density at radius 3 is 2.53 bits per heavy atom. The maximum absolute atomic E-state index is 11.7. The van der Waals surface area contributed by atoms with Crippen LogP contribution in [0, 0.1) is 5.41 Å². The fourth-order valence-corrected chi connectivity index (χ4v) is 1.51. The van der Waals surface area contributed by atoms with Gasteiger partial charge in [0.25, 0.3) is 0 Å². The van der Waals surface area contributed by atoms with Gasteiger partial charge in [-0.25, -0.2) is 4.98 Å². The highest BCUT2D eigenvalue weighted by molar-refractivity contribution is 7.13. The number of carbonyl (C=O) groups excluding carboxylic acids is 2. The largest absolute Gasteiger partial charge is 0.344 e. The number of nitrogens with one attached hydrogen (secondary N) is 2. The third-order valence-electron chi connectivity index (χ3n) is 2.08. The van der Waals surface area contributed by atoms with E-state index < -0.39 is 11.5 Å². The first-order valence-electron chi connectivity index (χ1n) is 5.32. The molecule has 1 aromatic rings. The van der Waals surface area contributed by atoms with Crippen LogP contribution in [0.5, 0.6) is 0 Å². The molecular weight excluding hydrogens is 238 g/mol. The van der Waals surface area contributed by atoms with Gasteiger partial charge in [-0.1, -0.05) is 20.8 Å². The number of carbonyl (C=O) groups is 2. The molecule has 1 rings (SSSR count). The monoisotopic (exact) mass is 255 g/mol. The number of amides is 2. The molecule has 17 heavy (non-hydrogen) atoms. The minimum atomic E-state index is -0.578. The van der Waals surface area contributed by atoms with E-state index >= 15 is 0 Å². The number of hydrogen-bond acceptors (Lipinski definition) is 4. The SMILES string of the molecule is CC(NC(=O)C(C)(C)C)C(=O)Nc1nccs1. The zero-order valence-electron chi connectivity index (χ0n) is 10.4. The molecule has 0 bridgehead atoms. The van der Waals surface area contributed by atoms with Crippen molar-refractivity contribution in [3.8, 4) is 0 Å². The molecule has 0 saturated heterocycles. The molecule has 1 unspecified atom stereocenters. The third kappa shape index (κ3) is 4.14. The van der Waals surface area contributed by atoms with Gasteiger partial charge < -0.3 is 10.6 Å². The molecule has 1 heterocycles. The van der Waals surface area contributed by atoms with Crippen LogP contribution in [0.15, 0.2) is 11.6 Å². The smallest absolute Gasteiger partial charge is 0.248 e. The van der Waals surface area contributed by atoms with Crippen molar-refractivity contribution in [3.63, 3.8) is 0 Å². The topological polar surface area (TPSA) is 71.1 Å². The van der Waals surface area contributed by atoms with Crippen molar-refractivity contribution >= 4 is 28.3 Å². The molecule has 1 aromatic heterocycles. The van der Waals surface area contributed by atoms with Gasteiger partial charge in [-0.15, -0.1) is 11.3 Å². The molecule has 5 nitrogen and oxygen atoms in total. The van der Waals surface area contributed by atoms with Gasteiger partial charge in [0, 0.05) is 17.0 Å². The maximum Gasteiger partial charge on any atom is 0.248 e.